The minimum absolute atomic E-state index is 0. The molecule has 3 rings (SSSR count). The maximum atomic E-state index is 12.6. The average Bonchev–Trinajstić information content (AvgIpc) is 3.61. The van der Waals surface area contributed by atoms with Gasteiger partial charge in [-0.2, -0.15) is 4.31 Å². The molecule has 1 fully saturated rings. The summed E-state index contributed by atoms with van der Waals surface area (Å²) in [5.74, 6) is -1.13. The van der Waals surface area contributed by atoms with Crippen LogP contribution in [0.4, 0.5) is 5.82 Å². The smallest absolute Gasteiger partial charge is 0.386 e. The number of aromatic nitrogens is 4. The van der Waals surface area contributed by atoms with E-state index in [1.54, 1.807) is 13.0 Å². The van der Waals surface area contributed by atoms with Crippen molar-refractivity contribution in [3.63, 3.8) is 0 Å². The molecule has 0 saturated carbocycles. The van der Waals surface area contributed by atoms with Crippen molar-refractivity contribution >= 4 is 88.0 Å². The predicted molar refractivity (Wildman–Crippen MR) is 188 cm³/mol. The fourth-order valence-corrected chi connectivity index (χ4v) is 7.93. The summed E-state index contributed by atoms with van der Waals surface area (Å²) in [6.07, 6.45) is -3.94. The number of aliphatic hydroxyl groups is 2. The number of amides is 2. The van der Waals surface area contributed by atoms with Crippen molar-refractivity contribution in [2.75, 3.05) is 37.8 Å². The fraction of sp³-hybridized carbons (Fsp3) is 0.600. The molecule has 7 atom stereocenters. The molecule has 0 spiro atoms. The number of imidazole rings is 1. The van der Waals surface area contributed by atoms with E-state index in [1.807, 2.05) is 0 Å². The average molecular weight is 843 g/mol. The molecule has 0 bridgehead atoms. The molecule has 2 amide bonds. The number of nitrogen functional groups attached to an aromatic ring is 1. The Labute approximate surface area is 323 Å². The Morgan fingerprint density at radius 1 is 1.09 bits per heavy atom. The molecule has 0 aliphatic carbocycles. The van der Waals surface area contributed by atoms with Gasteiger partial charge in [0.25, 0.3) is 0 Å². The van der Waals surface area contributed by atoms with Crippen LogP contribution < -0.4 is 16.4 Å². The van der Waals surface area contributed by atoms with Crippen LogP contribution in [0.25, 0.3) is 11.2 Å². The summed E-state index contributed by atoms with van der Waals surface area (Å²) in [6.45, 7) is 2.17. The van der Waals surface area contributed by atoms with Crippen molar-refractivity contribution in [2.24, 2.45) is 5.41 Å². The molecule has 54 heavy (non-hydrogen) atoms. The van der Waals surface area contributed by atoms with Gasteiger partial charge in [0, 0.05) is 49.5 Å². The van der Waals surface area contributed by atoms with Crippen LogP contribution in [0, 0.1) is 5.41 Å². The quantitative estimate of drug-likeness (QED) is 0.0329. The monoisotopic (exact) mass is 842 g/mol. The van der Waals surface area contributed by atoms with Gasteiger partial charge in [-0.15, -0.1) is 0 Å². The van der Waals surface area contributed by atoms with Gasteiger partial charge in [0.15, 0.2) is 17.7 Å². The Kier molecular flexibility index (Phi) is 18.1. The molecule has 1 radical (unpaired) electrons. The number of rotatable bonds is 20. The number of nitrogens with zero attached hydrogens (tertiary/aromatic N) is 4. The van der Waals surface area contributed by atoms with E-state index in [2.05, 4.69) is 34.4 Å². The van der Waals surface area contributed by atoms with E-state index < -0.39 is 84.6 Å². The van der Waals surface area contributed by atoms with Crippen molar-refractivity contribution in [1.82, 2.24) is 30.2 Å². The summed E-state index contributed by atoms with van der Waals surface area (Å²) < 4.78 is 61.9. The summed E-state index contributed by atoms with van der Waals surface area (Å²) in [4.78, 5) is 86.7. The van der Waals surface area contributed by atoms with Crippen LogP contribution in [0.15, 0.2) is 24.8 Å². The maximum absolute atomic E-state index is 12.6. The number of thioether (sulfide) groups is 1. The molecular weight excluding hydrogens is 802 g/mol. The van der Waals surface area contributed by atoms with Crippen LogP contribution in [0.1, 0.15) is 33.4 Å². The number of aliphatic hydroxyl groups excluding tert-OH is 2. The molecule has 3 heterocycles. The van der Waals surface area contributed by atoms with Gasteiger partial charge in [0.1, 0.15) is 36.3 Å². The zero-order valence-corrected chi connectivity index (χ0v) is 32.7. The van der Waals surface area contributed by atoms with Gasteiger partial charge in [-0.3, -0.25) is 32.5 Å². The number of carbonyl (C=O) groups excluding carboxylic acids is 3. The SMILES string of the molecule is CC=CC(=O)SCCNC(=O)CCNC(=O)C(O)C(C)(C)COP(=O)(O)OP(=O)(O)OCC1OC(n2cnc3c(N)ncnc32)C(O)C1OP(=O)(O)O.[Li]. The van der Waals surface area contributed by atoms with E-state index in [4.69, 9.17) is 19.5 Å². The topological polar surface area (TPSA) is 364 Å². The Morgan fingerprint density at radius 3 is 2.41 bits per heavy atom. The van der Waals surface area contributed by atoms with Crippen LogP contribution >= 0.6 is 35.2 Å². The molecule has 10 N–H and O–H groups in total. The van der Waals surface area contributed by atoms with Gasteiger partial charge in [-0.05, 0) is 13.0 Å². The number of hydrogen-bond donors (Lipinski definition) is 9. The summed E-state index contributed by atoms with van der Waals surface area (Å²) in [5.41, 5.74) is 4.26. The van der Waals surface area contributed by atoms with E-state index in [1.165, 1.54) is 19.9 Å². The molecule has 7 unspecified atom stereocenters. The third-order valence-electron chi connectivity index (χ3n) is 7.05. The van der Waals surface area contributed by atoms with Crippen molar-refractivity contribution in [3.05, 3.63) is 24.8 Å². The van der Waals surface area contributed by atoms with Gasteiger partial charge < -0.3 is 50.9 Å². The zero-order valence-electron chi connectivity index (χ0n) is 29.2. The number of hydrogen-bond acceptors (Lipinski definition) is 18. The molecular formula is C25H40LiN7O17P3S. The summed E-state index contributed by atoms with van der Waals surface area (Å²) in [7, 11) is -16.4. The van der Waals surface area contributed by atoms with Gasteiger partial charge >= 0.3 is 23.5 Å². The number of nitrogens with two attached hydrogens (primary N) is 1. The van der Waals surface area contributed by atoms with Crippen molar-refractivity contribution in [3.8, 4) is 0 Å². The normalized spacial score (nSPS) is 21.9. The Hall–Kier alpha value is -2.10. The standard InChI is InChI=1S/C25H40N7O17P3S.Li/c1-4-5-16(34)53-9-8-27-15(33)6-7-28-23(37)20(36)25(2,3)11-46-52(43,44)49-51(41,42)45-10-14-19(48-50(38,39)40)18(35)24(47-14)32-13-31-17-21(26)29-12-30-22(17)32;/h4-5,12-14,18-20,24,35-36H,6-11H2,1-3H3,(H,27,33)(H,28,37)(H,41,42)(H,43,44)(H2,26,29,30)(H2,38,39,40);. The summed E-state index contributed by atoms with van der Waals surface area (Å²) in [5, 5.41) is 26.1. The van der Waals surface area contributed by atoms with Crippen molar-refractivity contribution in [2.45, 2.75) is 57.8 Å². The Bertz CT molecular complexity index is 1800. The van der Waals surface area contributed by atoms with E-state index in [-0.39, 0.29) is 60.5 Å². The van der Waals surface area contributed by atoms with E-state index >= 15 is 0 Å². The largest absolute Gasteiger partial charge is 0.481 e. The number of allylic oxidation sites excluding steroid dienone is 1. The second-order valence-electron chi connectivity index (χ2n) is 11.7. The Balaban J connectivity index is 0.0000101. The van der Waals surface area contributed by atoms with Crippen LogP contribution in [0.5, 0.6) is 0 Å². The first-order chi connectivity index (χ1) is 24.6. The maximum Gasteiger partial charge on any atom is 0.481 e. The number of ether oxygens (including phenoxy) is 1. The second kappa shape index (κ2) is 20.4. The van der Waals surface area contributed by atoms with Crippen molar-refractivity contribution in [1.29, 1.82) is 0 Å². The molecule has 29 heteroatoms. The first-order valence-corrected chi connectivity index (χ1v) is 20.7. The number of carbonyl (C=O) groups is 3. The summed E-state index contributed by atoms with van der Waals surface area (Å²) >= 11 is 1.01. The minimum atomic E-state index is -5.56. The predicted octanol–water partition coefficient (Wildman–Crippen LogP) is -1.14. The minimum Gasteiger partial charge on any atom is -0.386 e. The molecule has 2 aromatic heterocycles. The van der Waals surface area contributed by atoms with E-state index in [0.717, 1.165) is 29.0 Å². The Morgan fingerprint density at radius 2 is 1.76 bits per heavy atom. The number of fused-ring (bicyclic) bond motifs is 1. The third kappa shape index (κ3) is 14.4. The molecule has 2 aromatic rings. The van der Waals surface area contributed by atoms with Gasteiger partial charge in [-0.1, -0.05) is 31.7 Å². The summed E-state index contributed by atoms with van der Waals surface area (Å²) in [6, 6.07) is 0. The van der Waals surface area contributed by atoms with Gasteiger partial charge in [-0.25, -0.2) is 28.6 Å². The van der Waals surface area contributed by atoms with Crippen LogP contribution in [-0.2, 0) is 50.7 Å². The van der Waals surface area contributed by atoms with Gasteiger partial charge in [0.2, 0.25) is 16.9 Å². The first kappa shape index (κ1) is 48.0. The van der Waals surface area contributed by atoms with Crippen LogP contribution in [0.3, 0.4) is 0 Å². The number of phosphoric acid groups is 3. The zero-order chi connectivity index (χ0) is 39.8. The van der Waals surface area contributed by atoms with Crippen LogP contribution in [-0.4, -0.2) is 142 Å². The number of anilines is 1. The molecule has 24 nitrogen and oxygen atoms in total. The molecule has 1 saturated heterocycles. The fourth-order valence-electron chi connectivity index (χ4n) is 4.47. The number of nitrogens with one attached hydrogen (secondary N) is 2. The number of phosphoric ester groups is 3. The molecule has 0 aromatic carbocycles. The van der Waals surface area contributed by atoms with E-state index in [0.29, 0.717) is 5.75 Å². The molecule has 299 valence electrons. The molecule has 1 aliphatic heterocycles. The van der Waals surface area contributed by atoms with Gasteiger partial charge in [0.05, 0.1) is 19.5 Å². The third-order valence-corrected chi connectivity index (χ3v) is 11.0. The second-order valence-corrected chi connectivity index (χ2v) is 17.1. The van der Waals surface area contributed by atoms with Crippen molar-refractivity contribution < 1.29 is 80.5 Å². The van der Waals surface area contributed by atoms with E-state index in [9.17, 15) is 57.9 Å². The first-order valence-electron chi connectivity index (χ1n) is 15.2. The van der Waals surface area contributed by atoms with Crippen LogP contribution in [0.2, 0.25) is 0 Å². The molecule has 1 aliphatic rings.